The predicted molar refractivity (Wildman–Crippen MR) is 164 cm³/mol. The molecule has 0 saturated heterocycles. The van der Waals surface area contributed by atoms with Gasteiger partial charge in [-0.2, -0.15) is 0 Å². The van der Waals surface area contributed by atoms with Crippen molar-refractivity contribution in [1.29, 1.82) is 0 Å². The lowest BCUT2D eigenvalue weighted by Crippen LogP contribution is -2.18. The summed E-state index contributed by atoms with van der Waals surface area (Å²) in [5.41, 5.74) is 3.42. The number of carbonyl (C=O) groups excluding carboxylic acids is 1. The third-order valence-electron chi connectivity index (χ3n) is 7.90. The number of hydrogen-bond donors (Lipinski definition) is 1. The molecule has 1 unspecified atom stereocenters. The third kappa shape index (κ3) is 14.0. The highest BCUT2D eigenvalue weighted by Crippen LogP contribution is 2.41. The minimum absolute atomic E-state index is 0.0627. The Kier molecular flexibility index (Phi) is 16.3. The lowest BCUT2D eigenvalue weighted by Gasteiger charge is -2.29. The highest BCUT2D eigenvalue weighted by atomic mass is 16.5. The van der Waals surface area contributed by atoms with E-state index in [0.717, 1.165) is 17.5 Å². The van der Waals surface area contributed by atoms with Crippen LogP contribution in [0.3, 0.4) is 0 Å². The summed E-state index contributed by atoms with van der Waals surface area (Å²) in [4.78, 5) is 11.1. The first-order chi connectivity index (χ1) is 17.9. The van der Waals surface area contributed by atoms with Gasteiger partial charge in [0.25, 0.3) is 0 Å². The Labute approximate surface area is 236 Å². The maximum absolute atomic E-state index is 11.1. The SMILES string of the molecule is CCC(=O)OCCCCCCCCCCCCCCCCC(C)c1cc(C(C)(C)C)c(O)c(C(C)(C)C)c1. The summed E-state index contributed by atoms with van der Waals surface area (Å²) >= 11 is 0. The van der Waals surface area contributed by atoms with Gasteiger partial charge in [-0.3, -0.25) is 4.79 Å². The minimum Gasteiger partial charge on any atom is -0.507 e. The van der Waals surface area contributed by atoms with Crippen molar-refractivity contribution in [3.8, 4) is 5.75 Å². The molecule has 0 fully saturated rings. The van der Waals surface area contributed by atoms with E-state index in [1.807, 2.05) is 6.92 Å². The average molecular weight is 531 g/mol. The first-order valence-corrected chi connectivity index (χ1v) is 15.9. The van der Waals surface area contributed by atoms with E-state index >= 15 is 0 Å². The Balaban J connectivity index is 2.14. The molecule has 0 heterocycles. The molecule has 3 nitrogen and oxygen atoms in total. The second-order valence-corrected chi connectivity index (χ2v) is 13.7. The van der Waals surface area contributed by atoms with Gasteiger partial charge in [0.1, 0.15) is 5.75 Å². The van der Waals surface area contributed by atoms with Crippen LogP contribution in [0.15, 0.2) is 12.1 Å². The molecule has 0 aliphatic heterocycles. The lowest BCUT2D eigenvalue weighted by molar-refractivity contribution is -0.143. The van der Waals surface area contributed by atoms with Crippen LogP contribution < -0.4 is 0 Å². The normalized spacial score (nSPS) is 13.1. The van der Waals surface area contributed by atoms with Gasteiger partial charge in [0.05, 0.1) is 6.61 Å². The standard InChI is InChI=1S/C35H62O3/c1-9-32(36)38-25-23-21-19-17-15-13-11-10-12-14-16-18-20-22-24-28(2)29-26-30(34(3,4)5)33(37)31(27-29)35(6,7)8/h26-28,37H,9-25H2,1-8H3. The van der Waals surface area contributed by atoms with E-state index in [9.17, 15) is 9.90 Å². The molecule has 0 radical (unpaired) electrons. The van der Waals surface area contributed by atoms with E-state index in [-0.39, 0.29) is 16.8 Å². The Bertz CT molecular complexity index is 746. The number of hydrogen-bond acceptors (Lipinski definition) is 3. The van der Waals surface area contributed by atoms with Crippen LogP contribution in [0.2, 0.25) is 0 Å². The molecule has 1 atom stereocenters. The molecule has 0 amide bonds. The van der Waals surface area contributed by atoms with Gasteiger partial charge in [-0.25, -0.2) is 0 Å². The molecule has 0 aromatic heterocycles. The van der Waals surface area contributed by atoms with Crippen molar-refractivity contribution in [3.05, 3.63) is 28.8 Å². The number of esters is 1. The van der Waals surface area contributed by atoms with E-state index in [4.69, 9.17) is 4.74 Å². The van der Waals surface area contributed by atoms with Gasteiger partial charge in [-0.1, -0.05) is 151 Å². The highest BCUT2D eigenvalue weighted by Gasteiger charge is 2.27. The number of carbonyl (C=O) groups is 1. The van der Waals surface area contributed by atoms with Gasteiger partial charge >= 0.3 is 5.97 Å². The topological polar surface area (TPSA) is 46.5 Å². The fraction of sp³-hybridized carbons (Fsp3) is 0.800. The fourth-order valence-electron chi connectivity index (χ4n) is 5.21. The van der Waals surface area contributed by atoms with Gasteiger partial charge in [0, 0.05) is 6.42 Å². The predicted octanol–water partition coefficient (Wildman–Crippen LogP) is 10.9. The van der Waals surface area contributed by atoms with Gasteiger partial charge in [-0.15, -0.1) is 0 Å². The van der Waals surface area contributed by atoms with E-state index in [2.05, 4.69) is 60.6 Å². The van der Waals surface area contributed by atoms with E-state index < -0.39 is 0 Å². The molecule has 1 N–H and O–H groups in total. The molecular formula is C35H62O3. The number of benzene rings is 1. The van der Waals surface area contributed by atoms with Gasteiger partial charge in [0.2, 0.25) is 0 Å². The van der Waals surface area contributed by atoms with Crippen LogP contribution in [0.1, 0.15) is 181 Å². The van der Waals surface area contributed by atoms with Crippen LogP contribution >= 0.6 is 0 Å². The molecule has 1 aromatic rings. The maximum Gasteiger partial charge on any atom is 0.305 e. The molecule has 0 bridgehead atoms. The van der Waals surface area contributed by atoms with E-state index in [1.165, 1.54) is 95.5 Å². The first kappa shape index (κ1) is 34.5. The molecule has 0 aliphatic carbocycles. The molecular weight excluding hydrogens is 468 g/mol. The molecule has 0 saturated carbocycles. The molecule has 0 aliphatic rings. The van der Waals surface area contributed by atoms with E-state index in [1.54, 1.807) is 0 Å². The summed E-state index contributed by atoms with van der Waals surface area (Å²) in [6.45, 7) is 18.0. The van der Waals surface area contributed by atoms with Crippen molar-refractivity contribution in [1.82, 2.24) is 0 Å². The number of ether oxygens (including phenoxy) is 1. The minimum atomic E-state index is -0.0744. The van der Waals surface area contributed by atoms with Crippen molar-refractivity contribution >= 4 is 5.97 Å². The zero-order valence-corrected chi connectivity index (χ0v) is 26.5. The van der Waals surface area contributed by atoms with Crippen molar-refractivity contribution in [3.63, 3.8) is 0 Å². The summed E-state index contributed by atoms with van der Waals surface area (Å²) in [5, 5.41) is 11.0. The Hall–Kier alpha value is -1.51. The molecule has 0 spiro atoms. The zero-order valence-electron chi connectivity index (χ0n) is 26.5. The van der Waals surface area contributed by atoms with Crippen LogP contribution in [0, 0.1) is 0 Å². The summed E-state index contributed by atoms with van der Waals surface area (Å²) in [6.07, 6.45) is 20.1. The second-order valence-electron chi connectivity index (χ2n) is 13.7. The second kappa shape index (κ2) is 18.0. The van der Waals surface area contributed by atoms with Crippen molar-refractivity contribution < 1.29 is 14.6 Å². The van der Waals surface area contributed by atoms with Gasteiger partial charge in [0.15, 0.2) is 0 Å². The van der Waals surface area contributed by atoms with Crippen LogP contribution in [0.5, 0.6) is 5.75 Å². The number of phenolic OH excluding ortho intramolecular Hbond substituents is 1. The number of unbranched alkanes of at least 4 members (excludes halogenated alkanes) is 13. The Morgan fingerprint density at radius 2 is 1.08 bits per heavy atom. The molecule has 38 heavy (non-hydrogen) atoms. The fourth-order valence-corrected chi connectivity index (χ4v) is 5.21. The third-order valence-corrected chi connectivity index (χ3v) is 7.90. The zero-order chi connectivity index (χ0) is 28.6. The Morgan fingerprint density at radius 3 is 1.45 bits per heavy atom. The Morgan fingerprint density at radius 1 is 0.711 bits per heavy atom. The quantitative estimate of drug-likeness (QED) is 0.143. The highest BCUT2D eigenvalue weighted by molar-refractivity contribution is 5.68. The summed E-state index contributed by atoms with van der Waals surface area (Å²) < 4.78 is 5.12. The summed E-state index contributed by atoms with van der Waals surface area (Å²) in [6, 6.07) is 4.53. The van der Waals surface area contributed by atoms with Crippen molar-refractivity contribution in [2.75, 3.05) is 6.61 Å². The molecule has 3 heteroatoms. The number of phenols is 1. The van der Waals surface area contributed by atoms with Crippen LogP contribution in [-0.2, 0) is 20.4 Å². The molecule has 1 aromatic carbocycles. The summed E-state index contributed by atoms with van der Waals surface area (Å²) in [7, 11) is 0. The van der Waals surface area contributed by atoms with Crippen LogP contribution in [-0.4, -0.2) is 17.7 Å². The maximum atomic E-state index is 11.1. The monoisotopic (exact) mass is 530 g/mol. The van der Waals surface area contributed by atoms with Gasteiger partial charge < -0.3 is 9.84 Å². The van der Waals surface area contributed by atoms with Crippen LogP contribution in [0.25, 0.3) is 0 Å². The van der Waals surface area contributed by atoms with Crippen LogP contribution in [0.4, 0.5) is 0 Å². The van der Waals surface area contributed by atoms with Gasteiger partial charge in [-0.05, 0) is 46.3 Å². The average Bonchev–Trinajstić information content (AvgIpc) is 2.84. The number of aromatic hydroxyl groups is 1. The van der Waals surface area contributed by atoms with Crippen molar-refractivity contribution in [2.24, 2.45) is 0 Å². The first-order valence-electron chi connectivity index (χ1n) is 15.9. The lowest BCUT2D eigenvalue weighted by atomic mass is 9.77. The molecule has 220 valence electrons. The molecule has 1 rings (SSSR count). The summed E-state index contributed by atoms with van der Waals surface area (Å²) in [5.74, 6) is 0.940. The largest absolute Gasteiger partial charge is 0.507 e. The van der Waals surface area contributed by atoms with Crippen molar-refractivity contribution in [2.45, 2.75) is 175 Å². The smallest absolute Gasteiger partial charge is 0.305 e. The van der Waals surface area contributed by atoms with E-state index in [0.29, 0.717) is 24.7 Å². The number of rotatable bonds is 19.